The highest BCUT2D eigenvalue weighted by Gasteiger charge is 2.23. The van der Waals surface area contributed by atoms with Crippen LogP contribution in [0.5, 0.6) is 5.75 Å². The zero-order chi connectivity index (χ0) is 24.6. The average molecular weight is 476 g/mol. The second kappa shape index (κ2) is 11.2. The van der Waals surface area contributed by atoms with Crippen molar-refractivity contribution in [2.24, 2.45) is 5.14 Å². The molecular formula is C22H25N3O7S. The molecule has 0 aromatic heterocycles. The summed E-state index contributed by atoms with van der Waals surface area (Å²) in [7, 11) is -2.30. The van der Waals surface area contributed by atoms with Crippen molar-refractivity contribution in [3.63, 3.8) is 0 Å². The second-order valence-corrected chi connectivity index (χ2v) is 8.54. The van der Waals surface area contributed by atoms with Gasteiger partial charge >= 0.3 is 5.97 Å². The van der Waals surface area contributed by atoms with Gasteiger partial charge in [-0.1, -0.05) is 12.1 Å². The molecule has 11 heteroatoms. The third-order valence-corrected chi connectivity index (χ3v) is 5.30. The van der Waals surface area contributed by atoms with E-state index >= 15 is 0 Å². The summed E-state index contributed by atoms with van der Waals surface area (Å²) in [6, 6.07) is 11.2. The summed E-state index contributed by atoms with van der Waals surface area (Å²) < 4.78 is 32.7. The fourth-order valence-electron chi connectivity index (χ4n) is 2.51. The Balaban J connectivity index is 1.85. The third kappa shape index (κ3) is 8.05. The molecule has 2 atom stereocenters. The Morgan fingerprint density at radius 3 is 2.15 bits per heavy atom. The lowest BCUT2D eigenvalue weighted by Crippen LogP contribution is -2.41. The Kier molecular flexibility index (Phi) is 8.71. The Hall–Kier alpha value is -3.70. The van der Waals surface area contributed by atoms with E-state index in [2.05, 4.69) is 10.6 Å². The zero-order valence-corrected chi connectivity index (χ0v) is 19.1. The minimum Gasteiger partial charge on any atom is -0.497 e. The SMILES string of the molecule is COc1ccc(/C=C/C(=O)NC(C)C(=O)OC(C)C(=O)Nc2ccc(S(N)(=O)=O)cc2)cc1. The van der Waals surface area contributed by atoms with Gasteiger partial charge in [0, 0.05) is 11.8 Å². The predicted octanol–water partition coefficient (Wildman–Crippen LogP) is 1.43. The van der Waals surface area contributed by atoms with E-state index in [1.165, 1.54) is 44.2 Å². The number of hydrogen-bond donors (Lipinski definition) is 3. The van der Waals surface area contributed by atoms with Crippen LogP contribution < -0.4 is 20.5 Å². The first-order valence-corrected chi connectivity index (χ1v) is 11.3. The van der Waals surface area contributed by atoms with Gasteiger partial charge in [-0.3, -0.25) is 9.59 Å². The van der Waals surface area contributed by atoms with Gasteiger partial charge in [-0.15, -0.1) is 0 Å². The van der Waals surface area contributed by atoms with Crippen molar-refractivity contribution in [1.82, 2.24) is 5.32 Å². The number of nitrogens with two attached hydrogens (primary N) is 1. The Morgan fingerprint density at radius 1 is 1.00 bits per heavy atom. The number of methoxy groups -OCH3 is 1. The maximum atomic E-state index is 12.2. The topological polar surface area (TPSA) is 154 Å². The van der Waals surface area contributed by atoms with Gasteiger partial charge in [-0.2, -0.15) is 0 Å². The summed E-state index contributed by atoms with van der Waals surface area (Å²) in [5, 5.41) is 9.98. The molecular weight excluding hydrogens is 450 g/mol. The van der Waals surface area contributed by atoms with Gasteiger partial charge < -0.3 is 20.1 Å². The molecule has 2 rings (SSSR count). The van der Waals surface area contributed by atoms with Crippen molar-refractivity contribution in [3.05, 3.63) is 60.2 Å². The number of nitrogens with one attached hydrogen (secondary N) is 2. The van der Waals surface area contributed by atoms with Gasteiger partial charge in [-0.05, 0) is 61.9 Å². The van der Waals surface area contributed by atoms with Crippen LogP contribution in [0.2, 0.25) is 0 Å². The molecule has 2 aromatic rings. The summed E-state index contributed by atoms with van der Waals surface area (Å²) in [5.41, 5.74) is 1.06. The molecule has 4 N–H and O–H groups in total. The predicted molar refractivity (Wildman–Crippen MR) is 122 cm³/mol. The van der Waals surface area contributed by atoms with Crippen LogP contribution in [-0.4, -0.2) is 45.5 Å². The van der Waals surface area contributed by atoms with Crippen LogP contribution in [0.25, 0.3) is 6.08 Å². The van der Waals surface area contributed by atoms with Crippen molar-refractivity contribution in [2.45, 2.75) is 30.9 Å². The summed E-state index contributed by atoms with van der Waals surface area (Å²) in [4.78, 5) is 36.4. The maximum Gasteiger partial charge on any atom is 0.329 e. The van der Waals surface area contributed by atoms with Gasteiger partial charge in [0.1, 0.15) is 11.8 Å². The van der Waals surface area contributed by atoms with Crippen molar-refractivity contribution >= 4 is 39.6 Å². The highest BCUT2D eigenvalue weighted by atomic mass is 32.2. The first kappa shape index (κ1) is 25.6. The normalized spacial score (nSPS) is 13.1. The number of esters is 1. The maximum absolute atomic E-state index is 12.2. The molecule has 0 saturated carbocycles. The number of primary sulfonamides is 1. The fourth-order valence-corrected chi connectivity index (χ4v) is 3.02. The number of ether oxygens (including phenoxy) is 2. The van der Waals surface area contributed by atoms with E-state index in [1.807, 2.05) is 0 Å². The van der Waals surface area contributed by atoms with E-state index in [0.29, 0.717) is 11.4 Å². The van der Waals surface area contributed by atoms with Crippen molar-refractivity contribution < 1.29 is 32.3 Å². The molecule has 0 heterocycles. The van der Waals surface area contributed by atoms with Gasteiger partial charge in [0.2, 0.25) is 15.9 Å². The molecule has 0 saturated heterocycles. The van der Waals surface area contributed by atoms with Crippen LogP contribution in [0.15, 0.2) is 59.5 Å². The van der Waals surface area contributed by atoms with Crippen LogP contribution >= 0.6 is 0 Å². The van der Waals surface area contributed by atoms with Gasteiger partial charge in [-0.25, -0.2) is 18.4 Å². The second-order valence-electron chi connectivity index (χ2n) is 6.97. The number of sulfonamides is 1. The minimum atomic E-state index is -3.85. The molecule has 2 amide bonds. The molecule has 0 aliphatic heterocycles. The van der Waals surface area contributed by atoms with E-state index in [1.54, 1.807) is 37.5 Å². The van der Waals surface area contributed by atoms with E-state index < -0.39 is 40.0 Å². The smallest absolute Gasteiger partial charge is 0.329 e. The summed E-state index contributed by atoms with van der Waals surface area (Å²) in [6.07, 6.45) is 1.68. The highest BCUT2D eigenvalue weighted by Crippen LogP contribution is 2.14. The third-order valence-electron chi connectivity index (χ3n) is 4.37. The summed E-state index contributed by atoms with van der Waals surface area (Å²) in [6.45, 7) is 2.79. The number of hydrogen-bond acceptors (Lipinski definition) is 7. The Labute approximate surface area is 191 Å². The molecule has 0 spiro atoms. The average Bonchev–Trinajstić information content (AvgIpc) is 2.77. The minimum absolute atomic E-state index is 0.106. The molecule has 0 fully saturated rings. The van der Waals surface area contributed by atoms with Crippen LogP contribution in [0.1, 0.15) is 19.4 Å². The quantitative estimate of drug-likeness (QED) is 0.366. The molecule has 0 aliphatic carbocycles. The molecule has 0 radical (unpaired) electrons. The summed E-state index contributed by atoms with van der Waals surface area (Å²) in [5.74, 6) is -1.26. The van der Waals surface area contributed by atoms with E-state index in [-0.39, 0.29) is 4.90 Å². The molecule has 0 bridgehead atoms. The lowest BCUT2D eigenvalue weighted by molar-refractivity contribution is -0.155. The number of carbonyl (C=O) groups is 3. The van der Waals surface area contributed by atoms with Gasteiger partial charge in [0.15, 0.2) is 6.10 Å². The Bertz CT molecular complexity index is 1130. The molecule has 0 aliphatic rings. The largest absolute Gasteiger partial charge is 0.497 e. The molecule has 10 nitrogen and oxygen atoms in total. The van der Waals surface area contributed by atoms with Crippen LogP contribution in [0.3, 0.4) is 0 Å². The molecule has 2 unspecified atom stereocenters. The lowest BCUT2D eigenvalue weighted by Gasteiger charge is -2.17. The van der Waals surface area contributed by atoms with Crippen LogP contribution in [0.4, 0.5) is 5.69 Å². The van der Waals surface area contributed by atoms with E-state index in [9.17, 15) is 22.8 Å². The van der Waals surface area contributed by atoms with E-state index in [4.69, 9.17) is 14.6 Å². The van der Waals surface area contributed by atoms with Crippen molar-refractivity contribution in [2.75, 3.05) is 12.4 Å². The molecule has 2 aromatic carbocycles. The zero-order valence-electron chi connectivity index (χ0n) is 18.3. The first-order valence-electron chi connectivity index (χ1n) is 9.76. The highest BCUT2D eigenvalue weighted by molar-refractivity contribution is 7.89. The van der Waals surface area contributed by atoms with E-state index in [0.717, 1.165) is 5.56 Å². The number of carbonyl (C=O) groups excluding carboxylic acids is 3. The van der Waals surface area contributed by atoms with Crippen molar-refractivity contribution in [3.8, 4) is 5.75 Å². The van der Waals surface area contributed by atoms with Crippen LogP contribution in [0, 0.1) is 0 Å². The molecule has 176 valence electrons. The first-order chi connectivity index (χ1) is 15.5. The lowest BCUT2D eigenvalue weighted by atomic mass is 10.2. The van der Waals surface area contributed by atoms with Crippen molar-refractivity contribution in [1.29, 1.82) is 0 Å². The number of rotatable bonds is 9. The number of anilines is 1. The van der Waals surface area contributed by atoms with Crippen LogP contribution in [-0.2, 0) is 29.1 Å². The number of benzene rings is 2. The molecule has 33 heavy (non-hydrogen) atoms. The standard InChI is InChI=1S/C22H25N3O7S/c1-14(24-20(26)13-6-16-4-9-18(31-3)10-5-16)22(28)32-15(2)21(27)25-17-7-11-19(12-8-17)33(23,29)30/h4-15H,1-3H3,(H,24,26)(H,25,27)(H2,23,29,30)/b13-6+. The summed E-state index contributed by atoms with van der Waals surface area (Å²) >= 11 is 0. The number of amides is 2. The monoisotopic (exact) mass is 475 g/mol. The Morgan fingerprint density at radius 2 is 1.61 bits per heavy atom. The fraction of sp³-hybridized carbons (Fsp3) is 0.227. The van der Waals surface area contributed by atoms with Gasteiger partial charge in [0.05, 0.1) is 12.0 Å². The van der Waals surface area contributed by atoms with Gasteiger partial charge in [0.25, 0.3) is 5.91 Å².